The first kappa shape index (κ1) is 9.01. The molecule has 0 amide bonds. The minimum absolute atomic E-state index is 1.12. The molecule has 58 valence electrons. The lowest BCUT2D eigenvalue weighted by Gasteiger charge is -1.99. The van der Waals surface area contributed by atoms with E-state index in [1.54, 1.807) is 0 Å². The molecule has 0 nitrogen and oxygen atoms in total. The number of benzene rings is 1. The van der Waals surface area contributed by atoms with Crippen LogP contribution in [0.1, 0.15) is 12.5 Å². The Balaban J connectivity index is 3.20. The zero-order valence-electron chi connectivity index (χ0n) is 6.14. The molecule has 0 aliphatic carbocycles. The normalized spacial score (nSPS) is 10.8. The number of hydrogen-bond acceptors (Lipinski definition) is 0. The van der Waals surface area contributed by atoms with Gasteiger partial charge in [0, 0.05) is 14.5 Å². The lowest BCUT2D eigenvalue weighted by atomic mass is 10.2. The smallest absolute Gasteiger partial charge is 0.0258 e. The zero-order chi connectivity index (χ0) is 8.27. The largest absolute Gasteiger partial charge is 0.0870 e. The molecule has 0 unspecified atom stereocenters. The van der Waals surface area contributed by atoms with Crippen molar-refractivity contribution in [2.45, 2.75) is 6.92 Å². The van der Waals surface area contributed by atoms with E-state index >= 15 is 0 Å². The fourth-order valence-corrected chi connectivity index (χ4v) is 2.10. The molecular weight excluding hydrogens is 268 g/mol. The van der Waals surface area contributed by atoms with Crippen molar-refractivity contribution in [3.8, 4) is 0 Å². The highest BCUT2D eigenvalue weighted by molar-refractivity contribution is 9.11. The van der Waals surface area contributed by atoms with Gasteiger partial charge in [-0.05, 0) is 19.1 Å². The molecule has 0 heterocycles. The number of rotatable bonds is 1. The van der Waals surface area contributed by atoms with E-state index in [1.807, 2.05) is 31.2 Å². The molecule has 0 aliphatic rings. The van der Waals surface area contributed by atoms with Crippen molar-refractivity contribution in [3.63, 3.8) is 0 Å². The molecule has 0 radical (unpaired) electrons. The van der Waals surface area contributed by atoms with Gasteiger partial charge in [-0.3, -0.25) is 0 Å². The summed E-state index contributed by atoms with van der Waals surface area (Å²) in [4.78, 5) is 0. The summed E-state index contributed by atoms with van der Waals surface area (Å²) < 4.78 is 2.23. The minimum atomic E-state index is 1.12. The quantitative estimate of drug-likeness (QED) is 0.719. The average molecular weight is 276 g/mol. The van der Waals surface area contributed by atoms with Gasteiger partial charge >= 0.3 is 0 Å². The highest BCUT2D eigenvalue weighted by Crippen LogP contribution is 2.25. The van der Waals surface area contributed by atoms with Crippen molar-refractivity contribution in [2.75, 3.05) is 0 Å². The molecule has 0 saturated heterocycles. The van der Waals surface area contributed by atoms with Crippen molar-refractivity contribution in [3.05, 3.63) is 38.8 Å². The second-order valence-electron chi connectivity index (χ2n) is 2.14. The van der Waals surface area contributed by atoms with Gasteiger partial charge in [0.25, 0.3) is 0 Å². The van der Waals surface area contributed by atoms with Crippen LogP contribution in [0.2, 0.25) is 0 Å². The highest BCUT2D eigenvalue weighted by Gasteiger charge is 1.98. The van der Waals surface area contributed by atoms with Gasteiger partial charge in [0.2, 0.25) is 0 Å². The molecule has 0 atom stereocenters. The van der Waals surface area contributed by atoms with Crippen LogP contribution in [0.3, 0.4) is 0 Å². The second-order valence-corrected chi connectivity index (χ2v) is 3.84. The molecule has 1 rings (SSSR count). The van der Waals surface area contributed by atoms with Crippen LogP contribution in [-0.4, -0.2) is 0 Å². The Morgan fingerprint density at radius 2 is 1.73 bits per heavy atom. The number of hydrogen-bond donors (Lipinski definition) is 0. The zero-order valence-corrected chi connectivity index (χ0v) is 9.31. The van der Waals surface area contributed by atoms with Crippen LogP contribution in [0.15, 0.2) is 33.2 Å². The number of allylic oxidation sites excluding steroid dienone is 1. The van der Waals surface area contributed by atoms with Crippen molar-refractivity contribution < 1.29 is 0 Å². The maximum Gasteiger partial charge on any atom is 0.0258 e. The summed E-state index contributed by atoms with van der Waals surface area (Å²) >= 11 is 6.93. The molecule has 1 aromatic carbocycles. The topological polar surface area (TPSA) is 0 Å². The summed E-state index contributed by atoms with van der Waals surface area (Å²) in [6.45, 7) is 2.01. The van der Waals surface area contributed by atoms with Crippen LogP contribution in [0.5, 0.6) is 0 Å². The van der Waals surface area contributed by atoms with E-state index in [4.69, 9.17) is 0 Å². The van der Waals surface area contributed by atoms with Gasteiger partial charge in [-0.1, -0.05) is 50.1 Å². The SMILES string of the molecule is C/C=C/c1c(Br)cccc1Br. The van der Waals surface area contributed by atoms with Crippen LogP contribution in [0.4, 0.5) is 0 Å². The van der Waals surface area contributed by atoms with E-state index in [9.17, 15) is 0 Å². The average Bonchev–Trinajstić information content (AvgIpc) is 1.97. The van der Waals surface area contributed by atoms with Crippen LogP contribution in [0, 0.1) is 0 Å². The summed E-state index contributed by atoms with van der Waals surface area (Å²) in [7, 11) is 0. The Bertz CT molecular complexity index is 257. The van der Waals surface area contributed by atoms with Gasteiger partial charge in [0.15, 0.2) is 0 Å². The van der Waals surface area contributed by atoms with Crippen LogP contribution >= 0.6 is 31.9 Å². The first-order valence-electron chi connectivity index (χ1n) is 3.32. The van der Waals surface area contributed by atoms with Gasteiger partial charge in [-0.2, -0.15) is 0 Å². The maximum atomic E-state index is 3.47. The van der Waals surface area contributed by atoms with E-state index in [0.717, 1.165) is 8.95 Å². The van der Waals surface area contributed by atoms with Gasteiger partial charge in [-0.15, -0.1) is 0 Å². The summed E-state index contributed by atoms with van der Waals surface area (Å²) in [5.74, 6) is 0. The van der Waals surface area contributed by atoms with Crippen molar-refractivity contribution in [2.24, 2.45) is 0 Å². The van der Waals surface area contributed by atoms with E-state index in [-0.39, 0.29) is 0 Å². The van der Waals surface area contributed by atoms with E-state index in [1.165, 1.54) is 5.56 Å². The first-order valence-corrected chi connectivity index (χ1v) is 4.91. The molecular formula is C9H8Br2. The van der Waals surface area contributed by atoms with Crippen molar-refractivity contribution >= 4 is 37.9 Å². The molecule has 0 saturated carbocycles. The molecule has 0 bridgehead atoms. The second kappa shape index (κ2) is 4.07. The summed E-state index contributed by atoms with van der Waals surface area (Å²) in [6, 6.07) is 6.06. The third kappa shape index (κ3) is 2.17. The Hall–Kier alpha value is -0.0800. The summed E-state index contributed by atoms with van der Waals surface area (Å²) in [6.07, 6.45) is 4.08. The van der Waals surface area contributed by atoms with Gasteiger partial charge in [0.05, 0.1) is 0 Å². The predicted octanol–water partition coefficient (Wildman–Crippen LogP) is 4.24. The Morgan fingerprint density at radius 1 is 1.18 bits per heavy atom. The third-order valence-corrected chi connectivity index (χ3v) is 2.72. The van der Waals surface area contributed by atoms with Crippen molar-refractivity contribution in [1.82, 2.24) is 0 Å². The van der Waals surface area contributed by atoms with E-state index in [2.05, 4.69) is 37.9 Å². The molecule has 0 spiro atoms. The monoisotopic (exact) mass is 274 g/mol. The fourth-order valence-electron chi connectivity index (χ4n) is 0.837. The Morgan fingerprint density at radius 3 is 2.18 bits per heavy atom. The van der Waals surface area contributed by atoms with Crippen LogP contribution in [-0.2, 0) is 0 Å². The third-order valence-electron chi connectivity index (χ3n) is 1.33. The fraction of sp³-hybridized carbons (Fsp3) is 0.111. The van der Waals surface area contributed by atoms with Crippen LogP contribution < -0.4 is 0 Å². The molecule has 1 aromatic rings. The van der Waals surface area contributed by atoms with Gasteiger partial charge < -0.3 is 0 Å². The Kier molecular flexibility index (Phi) is 3.34. The molecule has 11 heavy (non-hydrogen) atoms. The molecule has 0 fully saturated rings. The van der Waals surface area contributed by atoms with Gasteiger partial charge in [-0.25, -0.2) is 0 Å². The van der Waals surface area contributed by atoms with Crippen molar-refractivity contribution in [1.29, 1.82) is 0 Å². The summed E-state index contributed by atoms with van der Waals surface area (Å²) in [5, 5.41) is 0. The maximum absolute atomic E-state index is 3.47. The lowest BCUT2D eigenvalue weighted by molar-refractivity contribution is 1.54. The van der Waals surface area contributed by atoms with E-state index < -0.39 is 0 Å². The molecule has 2 heteroatoms. The highest BCUT2D eigenvalue weighted by atomic mass is 79.9. The minimum Gasteiger partial charge on any atom is -0.0870 e. The summed E-state index contributed by atoms with van der Waals surface area (Å²) in [5.41, 5.74) is 1.19. The van der Waals surface area contributed by atoms with E-state index in [0.29, 0.717) is 0 Å². The standard InChI is InChI=1S/C9H8Br2/c1-2-4-7-8(10)5-3-6-9(7)11/h2-6H,1H3/b4-2+. The number of halogens is 2. The van der Waals surface area contributed by atoms with Gasteiger partial charge in [0.1, 0.15) is 0 Å². The molecule has 0 aliphatic heterocycles. The molecule has 0 N–H and O–H groups in total. The Labute approximate surface area is 83.6 Å². The van der Waals surface area contributed by atoms with Crippen LogP contribution in [0.25, 0.3) is 6.08 Å². The predicted molar refractivity (Wildman–Crippen MR) is 56.6 cm³/mol. The first-order chi connectivity index (χ1) is 5.25. The molecule has 0 aromatic heterocycles. The lowest BCUT2D eigenvalue weighted by Crippen LogP contribution is -1.76.